The average Bonchev–Trinajstić information content (AvgIpc) is 3.62. The van der Waals surface area contributed by atoms with Crippen molar-refractivity contribution in [3.05, 3.63) is 133 Å². The molecule has 0 aliphatic rings. The summed E-state index contributed by atoms with van der Waals surface area (Å²) in [6.45, 7) is 0. The van der Waals surface area contributed by atoms with Gasteiger partial charge in [-0.1, -0.05) is 115 Å². The summed E-state index contributed by atoms with van der Waals surface area (Å²) in [4.78, 5) is 10.6. The topological polar surface area (TPSA) is 38.9 Å². The summed E-state index contributed by atoms with van der Waals surface area (Å²) in [5.41, 5.74) is 8.38. The largest absolute Gasteiger partial charge is 0.436 e. The Morgan fingerprint density at radius 2 is 1.07 bits per heavy atom. The van der Waals surface area contributed by atoms with E-state index in [1.54, 1.807) is 0 Å². The molecule has 3 nitrogen and oxygen atoms in total. The first kappa shape index (κ1) is 23.4. The van der Waals surface area contributed by atoms with E-state index < -0.39 is 0 Å². The van der Waals surface area contributed by atoms with Crippen molar-refractivity contribution >= 4 is 64.5 Å². The normalized spacial score (nSPS) is 11.8. The zero-order valence-electron chi connectivity index (χ0n) is 22.4. The van der Waals surface area contributed by atoms with Gasteiger partial charge in [0.2, 0.25) is 5.71 Å². The molecule has 4 heteroatoms. The maximum absolute atomic E-state index is 6.32. The number of para-hydroxylation sites is 1. The van der Waals surface area contributed by atoms with Crippen LogP contribution in [0, 0.1) is 0 Å². The first-order valence-electron chi connectivity index (χ1n) is 14.0. The monoisotopic (exact) mass is 554 g/mol. The molecule has 0 aliphatic carbocycles. The number of aromatic nitrogens is 2. The number of nitrogens with zero attached hydrogens (tertiary/aromatic N) is 2. The molecular weight excluding hydrogens is 532 g/mol. The minimum absolute atomic E-state index is 0.551. The van der Waals surface area contributed by atoms with E-state index in [1.165, 1.54) is 36.7 Å². The fourth-order valence-electron chi connectivity index (χ4n) is 6.28. The summed E-state index contributed by atoms with van der Waals surface area (Å²) >= 11 is 1.84. The lowest BCUT2D eigenvalue weighted by molar-refractivity contribution is 0.653. The smallest absolute Gasteiger partial charge is 0.246 e. The van der Waals surface area contributed by atoms with E-state index in [-0.39, 0.29) is 0 Å². The van der Waals surface area contributed by atoms with Crippen LogP contribution in [0.1, 0.15) is 0 Å². The highest BCUT2D eigenvalue weighted by Gasteiger charge is 2.25. The maximum atomic E-state index is 6.32. The summed E-state index contributed by atoms with van der Waals surface area (Å²) in [5, 5.41) is 5.74. The fraction of sp³-hybridized carbons (Fsp3) is 0. The zero-order valence-corrected chi connectivity index (χ0v) is 23.2. The molecule has 0 saturated carbocycles. The third-order valence-corrected chi connectivity index (χ3v) is 9.29. The van der Waals surface area contributed by atoms with Crippen molar-refractivity contribution in [2.24, 2.45) is 0 Å². The molecule has 6 aromatic carbocycles. The van der Waals surface area contributed by atoms with Crippen LogP contribution in [0.3, 0.4) is 0 Å². The van der Waals surface area contributed by atoms with Gasteiger partial charge in [0, 0.05) is 42.2 Å². The second-order valence-electron chi connectivity index (χ2n) is 10.5. The van der Waals surface area contributed by atoms with Crippen molar-refractivity contribution in [1.29, 1.82) is 0 Å². The van der Waals surface area contributed by atoms with Gasteiger partial charge in [-0.05, 0) is 34.5 Å². The third kappa shape index (κ3) is 3.39. The Morgan fingerprint density at radius 3 is 1.83 bits per heavy atom. The molecule has 9 rings (SSSR count). The lowest BCUT2D eigenvalue weighted by Gasteiger charge is -2.17. The van der Waals surface area contributed by atoms with E-state index in [0.717, 1.165) is 44.4 Å². The Balaban J connectivity index is 1.52. The predicted octanol–water partition coefficient (Wildman–Crippen LogP) is 10.9. The molecule has 0 atom stereocenters. The molecule has 0 fully saturated rings. The van der Waals surface area contributed by atoms with Crippen molar-refractivity contribution in [2.45, 2.75) is 0 Å². The van der Waals surface area contributed by atoms with Crippen LogP contribution in [0.15, 0.2) is 138 Å². The zero-order chi connectivity index (χ0) is 27.6. The molecule has 0 bridgehead atoms. The molecule has 0 radical (unpaired) electrons. The molecule has 3 aromatic heterocycles. The van der Waals surface area contributed by atoms with Gasteiger partial charge in [0.05, 0.1) is 5.69 Å². The van der Waals surface area contributed by atoms with Crippen LogP contribution < -0.4 is 0 Å². The molecule has 0 spiro atoms. The fourth-order valence-corrected chi connectivity index (χ4v) is 7.57. The molecular formula is C38H22N2OS. The molecule has 0 N–H and O–H groups in total. The van der Waals surface area contributed by atoms with Crippen LogP contribution in [0.25, 0.3) is 86.8 Å². The molecule has 196 valence electrons. The van der Waals surface area contributed by atoms with E-state index in [1.807, 2.05) is 35.6 Å². The van der Waals surface area contributed by atoms with Gasteiger partial charge in [0.1, 0.15) is 16.8 Å². The molecule has 0 amide bonds. The number of rotatable bonds is 3. The van der Waals surface area contributed by atoms with Crippen LogP contribution in [-0.4, -0.2) is 9.97 Å². The molecule has 9 aromatic rings. The van der Waals surface area contributed by atoms with Gasteiger partial charge in [-0.3, -0.25) is 0 Å². The van der Waals surface area contributed by atoms with E-state index >= 15 is 0 Å². The Hall–Kier alpha value is -5.32. The molecule has 0 aliphatic heterocycles. The molecule has 0 saturated heterocycles. The van der Waals surface area contributed by atoms with Crippen LogP contribution in [-0.2, 0) is 0 Å². The second-order valence-corrected chi connectivity index (χ2v) is 11.6. The Morgan fingerprint density at radius 1 is 0.476 bits per heavy atom. The van der Waals surface area contributed by atoms with Crippen LogP contribution in [0.2, 0.25) is 0 Å². The van der Waals surface area contributed by atoms with Crippen molar-refractivity contribution in [3.63, 3.8) is 0 Å². The number of hydrogen-bond donors (Lipinski definition) is 0. The Kier molecular flexibility index (Phi) is 5.07. The Labute approximate surface area is 245 Å². The van der Waals surface area contributed by atoms with E-state index in [4.69, 9.17) is 14.4 Å². The standard InChI is InChI=1S/C38H22N2OS/c1-3-13-23(14-4-1)31-25-17-7-8-18-26(25)32(33-28-20-10-12-22-30(28)42-37(31)33)36-34(24-15-5-2-6-16-24)39-35-27-19-9-11-21-29(27)41-38(35)40-36/h1-22H. The summed E-state index contributed by atoms with van der Waals surface area (Å²) in [5.74, 6) is 0. The van der Waals surface area contributed by atoms with Crippen LogP contribution >= 0.6 is 11.3 Å². The molecule has 42 heavy (non-hydrogen) atoms. The number of thiophene rings is 1. The first-order valence-corrected chi connectivity index (χ1v) is 14.8. The van der Waals surface area contributed by atoms with Gasteiger partial charge in [-0.25, -0.2) is 9.97 Å². The van der Waals surface area contributed by atoms with Crippen LogP contribution in [0.5, 0.6) is 0 Å². The second kappa shape index (κ2) is 9.10. The van der Waals surface area contributed by atoms with Crippen molar-refractivity contribution < 1.29 is 4.42 Å². The number of benzene rings is 6. The molecule has 3 heterocycles. The minimum Gasteiger partial charge on any atom is -0.436 e. The summed E-state index contributed by atoms with van der Waals surface area (Å²) < 4.78 is 8.82. The lowest BCUT2D eigenvalue weighted by Crippen LogP contribution is -1.96. The first-order chi connectivity index (χ1) is 20.8. The van der Waals surface area contributed by atoms with Gasteiger partial charge in [-0.2, -0.15) is 0 Å². The van der Waals surface area contributed by atoms with E-state index in [0.29, 0.717) is 5.71 Å². The van der Waals surface area contributed by atoms with Crippen molar-refractivity contribution in [3.8, 4) is 33.6 Å². The van der Waals surface area contributed by atoms with Gasteiger partial charge in [0.15, 0.2) is 0 Å². The number of furan rings is 1. The quantitative estimate of drug-likeness (QED) is 0.218. The van der Waals surface area contributed by atoms with E-state index in [2.05, 4.69) is 109 Å². The number of hydrogen-bond acceptors (Lipinski definition) is 4. The SMILES string of the molecule is c1ccc(-c2nc3c(nc2-c2c4ccccc4c(-c4ccccc4)c4sc5ccccc5c24)oc2ccccc23)cc1. The lowest BCUT2D eigenvalue weighted by atomic mass is 9.89. The molecule has 0 unspecified atom stereocenters. The van der Waals surface area contributed by atoms with Crippen LogP contribution in [0.4, 0.5) is 0 Å². The van der Waals surface area contributed by atoms with Gasteiger partial charge >= 0.3 is 0 Å². The van der Waals surface area contributed by atoms with Crippen molar-refractivity contribution in [2.75, 3.05) is 0 Å². The van der Waals surface area contributed by atoms with Gasteiger partial charge in [-0.15, -0.1) is 11.3 Å². The summed E-state index contributed by atoms with van der Waals surface area (Å²) in [7, 11) is 0. The van der Waals surface area contributed by atoms with Gasteiger partial charge in [0.25, 0.3) is 0 Å². The highest BCUT2D eigenvalue weighted by molar-refractivity contribution is 7.26. The average molecular weight is 555 g/mol. The van der Waals surface area contributed by atoms with Crippen molar-refractivity contribution in [1.82, 2.24) is 9.97 Å². The maximum Gasteiger partial charge on any atom is 0.246 e. The summed E-state index contributed by atoms with van der Waals surface area (Å²) in [6, 6.07) is 46.6. The minimum atomic E-state index is 0.551. The Bertz CT molecular complexity index is 2460. The van der Waals surface area contributed by atoms with E-state index in [9.17, 15) is 0 Å². The predicted molar refractivity (Wildman–Crippen MR) is 176 cm³/mol. The highest BCUT2D eigenvalue weighted by Crippen LogP contribution is 2.51. The number of fused-ring (bicyclic) bond motifs is 7. The highest BCUT2D eigenvalue weighted by atomic mass is 32.1. The summed E-state index contributed by atoms with van der Waals surface area (Å²) in [6.07, 6.45) is 0. The third-order valence-electron chi connectivity index (χ3n) is 8.10. The van der Waals surface area contributed by atoms with Gasteiger partial charge < -0.3 is 4.42 Å².